The van der Waals surface area contributed by atoms with Crippen molar-refractivity contribution in [1.82, 2.24) is 0 Å². The maximum atomic E-state index is 13.3. The van der Waals surface area contributed by atoms with Crippen molar-refractivity contribution in [1.29, 1.82) is 0 Å². The van der Waals surface area contributed by atoms with Gasteiger partial charge in [0.1, 0.15) is 0 Å². The summed E-state index contributed by atoms with van der Waals surface area (Å²) in [6.07, 6.45) is 0. The van der Waals surface area contributed by atoms with E-state index in [1.165, 1.54) is 72.8 Å². The molecule has 0 fully saturated rings. The van der Waals surface area contributed by atoms with Gasteiger partial charge < -0.3 is 0 Å². The van der Waals surface area contributed by atoms with E-state index in [0.717, 1.165) is 0 Å². The second kappa shape index (κ2) is 6.33. The SMILES string of the molecule is Fc1cc[c]([Bi]([Cl])([Cl])([c]2ccc(F)cc2)[c]2ccc(F)cc2)cc1. The molecule has 0 bridgehead atoms. The molecule has 0 saturated heterocycles. The summed E-state index contributed by atoms with van der Waals surface area (Å²) in [5, 5.41) is 0. The molecule has 0 spiro atoms. The first-order chi connectivity index (χ1) is 11.3. The Labute approximate surface area is 146 Å². The van der Waals surface area contributed by atoms with Crippen LogP contribution in [0.3, 0.4) is 0 Å². The molecule has 0 aliphatic heterocycles. The molecule has 6 heteroatoms. The quantitative estimate of drug-likeness (QED) is 0.422. The van der Waals surface area contributed by atoms with Crippen molar-refractivity contribution in [3.8, 4) is 0 Å². The van der Waals surface area contributed by atoms with Crippen molar-refractivity contribution in [3.63, 3.8) is 0 Å². The molecule has 3 aromatic carbocycles. The van der Waals surface area contributed by atoms with Gasteiger partial charge in [-0.05, 0) is 0 Å². The molecule has 0 saturated carbocycles. The van der Waals surface area contributed by atoms with E-state index in [1.54, 1.807) is 0 Å². The van der Waals surface area contributed by atoms with Gasteiger partial charge in [0.05, 0.1) is 0 Å². The zero-order chi connectivity index (χ0) is 17.4. The average Bonchev–Trinajstić information content (AvgIpc) is 2.56. The Morgan fingerprint density at radius 2 is 0.667 bits per heavy atom. The first-order valence-electron chi connectivity index (χ1n) is 7.04. The van der Waals surface area contributed by atoms with Crippen LogP contribution in [-0.2, 0) is 0 Å². The number of hydrogen-bond acceptors (Lipinski definition) is 0. The summed E-state index contributed by atoms with van der Waals surface area (Å²) in [7, 11) is 14.3. The van der Waals surface area contributed by atoms with Crippen LogP contribution < -0.4 is 9.81 Å². The van der Waals surface area contributed by atoms with E-state index in [9.17, 15) is 13.2 Å². The first kappa shape index (κ1) is 17.7. The predicted molar refractivity (Wildman–Crippen MR) is 95.6 cm³/mol. The van der Waals surface area contributed by atoms with Crippen LogP contribution >= 0.6 is 17.0 Å². The fourth-order valence-corrected chi connectivity index (χ4v) is 19.8. The third kappa shape index (κ3) is 2.96. The summed E-state index contributed by atoms with van der Waals surface area (Å²) in [6, 6.07) is 16.9. The Hall–Kier alpha value is -1.09. The predicted octanol–water partition coefficient (Wildman–Crippen LogP) is 4.00. The standard InChI is InChI=1S/3C6H4F.Bi.2ClH/c3*7-6-4-2-1-3-5-6;;;/h3*2-5H;;2*1H/q;;;+2;;/p-2. The Kier molecular flexibility index (Phi) is 4.67. The number of rotatable bonds is 3. The van der Waals surface area contributed by atoms with Gasteiger partial charge in [-0.15, -0.1) is 0 Å². The monoisotopic (exact) mass is 564 g/mol. The number of benzene rings is 3. The normalized spacial score (nSPS) is 13.3. The molecule has 24 heavy (non-hydrogen) atoms. The summed E-state index contributed by atoms with van der Waals surface area (Å²) in [5.74, 6) is -1.24. The molecule has 0 amide bonds. The number of halogens is 5. The second-order valence-corrected chi connectivity index (χ2v) is 31.8. The summed E-state index contributed by atoms with van der Waals surface area (Å²) in [5.41, 5.74) is 0. The van der Waals surface area contributed by atoms with Gasteiger partial charge in [0, 0.05) is 0 Å². The van der Waals surface area contributed by atoms with Gasteiger partial charge in [0.2, 0.25) is 0 Å². The van der Waals surface area contributed by atoms with Crippen LogP contribution in [0.2, 0.25) is 0 Å². The Bertz CT molecular complexity index is 743. The van der Waals surface area contributed by atoms with E-state index < -0.39 is 33.8 Å². The van der Waals surface area contributed by atoms with Crippen LogP contribution in [0.4, 0.5) is 13.2 Å². The van der Waals surface area contributed by atoms with E-state index in [4.69, 9.17) is 17.0 Å². The van der Waals surface area contributed by atoms with Crippen molar-refractivity contribution in [2.24, 2.45) is 0 Å². The zero-order valence-electron chi connectivity index (χ0n) is 12.3. The second-order valence-electron chi connectivity index (χ2n) is 5.34. The van der Waals surface area contributed by atoms with Gasteiger partial charge in [0.25, 0.3) is 0 Å². The zero-order valence-corrected chi connectivity index (χ0v) is 17.3. The van der Waals surface area contributed by atoms with Gasteiger partial charge in [-0.2, -0.15) is 0 Å². The molecule has 0 heterocycles. The average molecular weight is 565 g/mol. The van der Waals surface area contributed by atoms with E-state index in [1.807, 2.05) is 0 Å². The van der Waals surface area contributed by atoms with E-state index >= 15 is 0 Å². The summed E-state index contributed by atoms with van der Waals surface area (Å²) in [4.78, 5) is 0. The number of hydrogen-bond donors (Lipinski definition) is 0. The van der Waals surface area contributed by atoms with Crippen molar-refractivity contribution in [3.05, 3.63) is 90.2 Å². The van der Waals surface area contributed by atoms with Gasteiger partial charge >= 0.3 is 147 Å². The van der Waals surface area contributed by atoms with Gasteiger partial charge in [-0.25, -0.2) is 0 Å². The third-order valence-corrected chi connectivity index (χ3v) is 28.2. The van der Waals surface area contributed by atoms with Gasteiger partial charge in [-0.3, -0.25) is 0 Å². The Morgan fingerprint density at radius 3 is 0.875 bits per heavy atom. The molecule has 0 atom stereocenters. The molecule has 3 aromatic rings. The Morgan fingerprint density at radius 1 is 0.458 bits per heavy atom. The van der Waals surface area contributed by atoms with Crippen molar-refractivity contribution >= 4 is 43.2 Å². The van der Waals surface area contributed by atoms with Crippen molar-refractivity contribution in [2.75, 3.05) is 0 Å². The molecule has 0 aromatic heterocycles. The fourth-order valence-electron chi connectivity index (χ4n) is 2.56. The summed E-state index contributed by atoms with van der Waals surface area (Å²) < 4.78 is 41.8. The van der Waals surface area contributed by atoms with Crippen LogP contribution in [0, 0.1) is 17.5 Å². The third-order valence-electron chi connectivity index (χ3n) is 3.84. The molecular weight excluding hydrogens is 553 g/mol. The minimum atomic E-state index is -5.17. The van der Waals surface area contributed by atoms with Gasteiger partial charge in [-0.1, -0.05) is 0 Å². The molecule has 124 valence electrons. The van der Waals surface area contributed by atoms with Crippen molar-refractivity contribution < 1.29 is 13.2 Å². The maximum absolute atomic E-state index is 13.3. The molecule has 0 N–H and O–H groups in total. The molecule has 0 radical (unpaired) electrons. The molecule has 3 rings (SSSR count). The van der Waals surface area contributed by atoms with E-state index in [0.29, 0.717) is 9.81 Å². The van der Waals surface area contributed by atoms with Crippen LogP contribution in [-0.4, -0.2) is 16.4 Å². The summed E-state index contributed by atoms with van der Waals surface area (Å²) in [6.45, 7) is 0. The van der Waals surface area contributed by atoms with Crippen LogP contribution in [0.15, 0.2) is 72.8 Å². The fraction of sp³-hybridized carbons (Fsp3) is 0. The molecule has 0 nitrogen and oxygen atoms in total. The van der Waals surface area contributed by atoms with E-state index in [-0.39, 0.29) is 0 Å². The molecule has 0 aliphatic rings. The molecule has 0 aliphatic carbocycles. The Balaban J connectivity index is 2.33. The summed E-state index contributed by atoms with van der Waals surface area (Å²) >= 11 is -5.17. The molecular formula is C18H12BiCl2F3. The molecule has 0 unspecified atom stereocenters. The van der Waals surface area contributed by atoms with Crippen LogP contribution in [0.5, 0.6) is 0 Å². The van der Waals surface area contributed by atoms with Crippen LogP contribution in [0.25, 0.3) is 0 Å². The van der Waals surface area contributed by atoms with E-state index in [2.05, 4.69) is 0 Å². The topological polar surface area (TPSA) is 0 Å². The van der Waals surface area contributed by atoms with Gasteiger partial charge in [0.15, 0.2) is 0 Å². The van der Waals surface area contributed by atoms with Crippen molar-refractivity contribution in [2.45, 2.75) is 0 Å². The first-order valence-corrected chi connectivity index (χ1v) is 20.8. The van der Waals surface area contributed by atoms with Crippen LogP contribution in [0.1, 0.15) is 0 Å². The minimum absolute atomic E-state index is 0.414.